The van der Waals surface area contributed by atoms with Crippen molar-refractivity contribution in [2.75, 3.05) is 20.0 Å². The molecule has 0 radical (unpaired) electrons. The maximum Gasteiger partial charge on any atom is 0.128 e. The fourth-order valence-electron chi connectivity index (χ4n) is 2.06. The second-order valence-corrected chi connectivity index (χ2v) is 4.60. The first-order valence-corrected chi connectivity index (χ1v) is 6.60. The van der Waals surface area contributed by atoms with Crippen molar-refractivity contribution >= 4 is 11.8 Å². The molecule has 0 amide bonds. The third kappa shape index (κ3) is 3.69. The van der Waals surface area contributed by atoms with Crippen LogP contribution in [0.15, 0.2) is 42.5 Å². The molecular formula is C17H19NO3. The summed E-state index contributed by atoms with van der Waals surface area (Å²) in [5, 5.41) is 9.25. The number of anilines is 1. The third-order valence-corrected chi connectivity index (χ3v) is 3.20. The van der Waals surface area contributed by atoms with Gasteiger partial charge in [-0.2, -0.15) is 0 Å². The Morgan fingerprint density at radius 2 is 1.81 bits per heavy atom. The van der Waals surface area contributed by atoms with E-state index in [0.717, 1.165) is 11.1 Å². The summed E-state index contributed by atoms with van der Waals surface area (Å²) in [6.45, 7) is 0. The summed E-state index contributed by atoms with van der Waals surface area (Å²) in [6.07, 6.45) is 4.63. The molecule has 2 rings (SSSR count). The first-order valence-electron chi connectivity index (χ1n) is 6.60. The van der Waals surface area contributed by atoms with Gasteiger partial charge in [-0.25, -0.2) is 0 Å². The molecule has 21 heavy (non-hydrogen) atoms. The van der Waals surface area contributed by atoms with Crippen LogP contribution in [0.25, 0.3) is 6.08 Å². The zero-order valence-electron chi connectivity index (χ0n) is 12.2. The van der Waals surface area contributed by atoms with Gasteiger partial charge in [0.05, 0.1) is 14.2 Å². The molecule has 0 aromatic heterocycles. The number of nitrogens with two attached hydrogens (primary N) is 1. The molecule has 0 atom stereocenters. The molecule has 0 unspecified atom stereocenters. The predicted octanol–water partition coefficient (Wildman–Crippen LogP) is 3.25. The smallest absolute Gasteiger partial charge is 0.128 e. The Balaban J connectivity index is 2.17. The van der Waals surface area contributed by atoms with Gasteiger partial charge < -0.3 is 20.3 Å². The number of methoxy groups -OCH3 is 2. The van der Waals surface area contributed by atoms with Crippen molar-refractivity contribution in [1.29, 1.82) is 0 Å². The number of rotatable bonds is 5. The van der Waals surface area contributed by atoms with Crippen LogP contribution in [-0.4, -0.2) is 19.3 Å². The van der Waals surface area contributed by atoms with E-state index in [4.69, 9.17) is 15.2 Å². The van der Waals surface area contributed by atoms with E-state index in [1.165, 1.54) is 0 Å². The minimum atomic E-state index is 0.258. The van der Waals surface area contributed by atoms with E-state index in [2.05, 4.69) is 0 Å². The van der Waals surface area contributed by atoms with Crippen molar-refractivity contribution in [2.24, 2.45) is 0 Å². The summed E-state index contributed by atoms with van der Waals surface area (Å²) < 4.78 is 10.5. The van der Waals surface area contributed by atoms with Gasteiger partial charge in [0, 0.05) is 23.4 Å². The molecule has 4 nitrogen and oxygen atoms in total. The van der Waals surface area contributed by atoms with E-state index >= 15 is 0 Å². The van der Waals surface area contributed by atoms with Crippen LogP contribution in [0.4, 0.5) is 5.69 Å². The van der Waals surface area contributed by atoms with Gasteiger partial charge in [-0.05, 0) is 24.1 Å². The number of hydrogen-bond acceptors (Lipinski definition) is 4. The number of benzene rings is 2. The Kier molecular flexibility index (Phi) is 4.72. The van der Waals surface area contributed by atoms with Crippen molar-refractivity contribution in [3.63, 3.8) is 0 Å². The van der Waals surface area contributed by atoms with Crippen LogP contribution in [0, 0.1) is 0 Å². The second kappa shape index (κ2) is 6.70. The molecule has 0 aliphatic carbocycles. The van der Waals surface area contributed by atoms with Crippen LogP contribution in [0.3, 0.4) is 0 Å². The summed E-state index contributed by atoms with van der Waals surface area (Å²) in [5.74, 6) is 1.64. The highest BCUT2D eigenvalue weighted by Crippen LogP contribution is 2.31. The fourth-order valence-corrected chi connectivity index (χ4v) is 2.06. The Morgan fingerprint density at radius 1 is 1.10 bits per heavy atom. The molecule has 3 N–H and O–H groups in total. The summed E-state index contributed by atoms with van der Waals surface area (Å²) in [7, 11) is 3.21. The number of phenols is 1. The van der Waals surface area contributed by atoms with Gasteiger partial charge in [0.2, 0.25) is 0 Å². The van der Waals surface area contributed by atoms with E-state index in [0.29, 0.717) is 23.6 Å². The van der Waals surface area contributed by atoms with Crippen molar-refractivity contribution in [1.82, 2.24) is 0 Å². The lowest BCUT2D eigenvalue weighted by Gasteiger charge is -2.12. The molecule has 2 aromatic carbocycles. The topological polar surface area (TPSA) is 64.7 Å². The van der Waals surface area contributed by atoms with Crippen LogP contribution >= 0.6 is 0 Å². The second-order valence-electron chi connectivity index (χ2n) is 4.60. The van der Waals surface area contributed by atoms with Gasteiger partial charge in [0.15, 0.2) is 0 Å². The SMILES string of the molecule is COc1cc(N)c(CC=Cc2ccc(O)cc2)c(OC)c1. The normalized spacial score (nSPS) is 10.8. The number of hydrogen-bond donors (Lipinski definition) is 2. The molecule has 0 aliphatic heterocycles. The van der Waals surface area contributed by atoms with E-state index in [1.807, 2.05) is 30.4 Å². The zero-order valence-corrected chi connectivity index (χ0v) is 12.2. The summed E-state index contributed by atoms with van der Waals surface area (Å²) in [5.41, 5.74) is 8.62. The maximum absolute atomic E-state index is 9.25. The first-order chi connectivity index (χ1) is 10.1. The highest BCUT2D eigenvalue weighted by atomic mass is 16.5. The quantitative estimate of drug-likeness (QED) is 0.828. The van der Waals surface area contributed by atoms with Gasteiger partial charge in [-0.1, -0.05) is 24.3 Å². The number of phenolic OH excluding ortho intramolecular Hbond substituents is 1. The highest BCUT2D eigenvalue weighted by Gasteiger charge is 2.08. The van der Waals surface area contributed by atoms with Crippen molar-refractivity contribution in [3.8, 4) is 17.2 Å². The van der Waals surface area contributed by atoms with E-state index in [-0.39, 0.29) is 5.75 Å². The van der Waals surface area contributed by atoms with Gasteiger partial charge in [-0.3, -0.25) is 0 Å². The molecular weight excluding hydrogens is 266 g/mol. The molecule has 0 fully saturated rings. The van der Waals surface area contributed by atoms with Crippen molar-refractivity contribution in [3.05, 3.63) is 53.6 Å². The van der Waals surface area contributed by atoms with Crippen LogP contribution in [-0.2, 0) is 6.42 Å². The Labute approximate surface area is 124 Å². The van der Waals surface area contributed by atoms with Crippen LogP contribution < -0.4 is 15.2 Å². The average molecular weight is 285 g/mol. The van der Waals surface area contributed by atoms with E-state index in [1.54, 1.807) is 32.4 Å². The lowest BCUT2D eigenvalue weighted by molar-refractivity contribution is 0.392. The standard InChI is InChI=1S/C17H19NO3/c1-20-14-10-16(18)15(17(11-14)21-2)5-3-4-12-6-8-13(19)9-7-12/h3-4,6-11,19H,5,18H2,1-2H3. The third-order valence-electron chi connectivity index (χ3n) is 3.20. The number of nitrogen functional groups attached to an aromatic ring is 1. The average Bonchev–Trinajstić information content (AvgIpc) is 2.50. The zero-order chi connectivity index (χ0) is 15.2. The first kappa shape index (κ1) is 14.8. The minimum Gasteiger partial charge on any atom is -0.508 e. The van der Waals surface area contributed by atoms with Crippen LogP contribution in [0.2, 0.25) is 0 Å². The van der Waals surface area contributed by atoms with Crippen molar-refractivity contribution in [2.45, 2.75) is 6.42 Å². The molecule has 0 saturated carbocycles. The molecule has 0 aliphatic rings. The molecule has 2 aromatic rings. The number of allylic oxidation sites excluding steroid dienone is 1. The summed E-state index contributed by atoms with van der Waals surface area (Å²) >= 11 is 0. The van der Waals surface area contributed by atoms with Crippen molar-refractivity contribution < 1.29 is 14.6 Å². The lowest BCUT2D eigenvalue weighted by Crippen LogP contribution is -1.99. The van der Waals surface area contributed by atoms with Crippen LogP contribution in [0.1, 0.15) is 11.1 Å². The van der Waals surface area contributed by atoms with E-state index < -0.39 is 0 Å². The molecule has 0 saturated heterocycles. The van der Waals surface area contributed by atoms with Gasteiger partial charge in [0.1, 0.15) is 17.2 Å². The molecule has 0 spiro atoms. The highest BCUT2D eigenvalue weighted by molar-refractivity contribution is 5.60. The van der Waals surface area contributed by atoms with E-state index in [9.17, 15) is 5.11 Å². The van der Waals surface area contributed by atoms with Crippen LogP contribution in [0.5, 0.6) is 17.2 Å². The van der Waals surface area contributed by atoms with Gasteiger partial charge >= 0.3 is 0 Å². The maximum atomic E-state index is 9.25. The number of ether oxygens (including phenoxy) is 2. The monoisotopic (exact) mass is 285 g/mol. The predicted molar refractivity (Wildman–Crippen MR) is 84.8 cm³/mol. The molecule has 110 valence electrons. The molecule has 0 heterocycles. The largest absolute Gasteiger partial charge is 0.508 e. The summed E-state index contributed by atoms with van der Waals surface area (Å²) in [6, 6.07) is 10.6. The molecule has 4 heteroatoms. The summed E-state index contributed by atoms with van der Waals surface area (Å²) in [4.78, 5) is 0. The van der Waals surface area contributed by atoms with Gasteiger partial charge in [0.25, 0.3) is 0 Å². The Hall–Kier alpha value is -2.62. The fraction of sp³-hybridized carbons (Fsp3) is 0.176. The Bertz CT molecular complexity index is 633. The Morgan fingerprint density at radius 3 is 2.43 bits per heavy atom. The lowest BCUT2D eigenvalue weighted by atomic mass is 10.1. The minimum absolute atomic E-state index is 0.258. The molecule has 0 bridgehead atoms. The van der Waals surface area contributed by atoms with Gasteiger partial charge in [-0.15, -0.1) is 0 Å². The number of aromatic hydroxyl groups is 1.